The minimum atomic E-state index is -4.59. The van der Waals surface area contributed by atoms with E-state index in [1.54, 1.807) is 13.8 Å². The molecule has 14 heavy (non-hydrogen) atoms. The fourth-order valence-electron chi connectivity index (χ4n) is 1.02. The van der Waals surface area contributed by atoms with Crippen LogP contribution in [0.2, 0.25) is 0 Å². The van der Waals surface area contributed by atoms with Crippen LogP contribution < -0.4 is 0 Å². The molecule has 0 aliphatic heterocycles. The second kappa shape index (κ2) is 3.55. The number of alkyl halides is 3. The Bertz CT molecular complexity index is 330. The van der Waals surface area contributed by atoms with Crippen LogP contribution in [-0.2, 0) is 6.18 Å². The Hall–Kier alpha value is -1.13. The van der Waals surface area contributed by atoms with Gasteiger partial charge in [-0.2, -0.15) is 13.2 Å². The third kappa shape index (κ3) is 2.21. The normalized spacial score (nSPS) is 12.2. The van der Waals surface area contributed by atoms with E-state index in [0.717, 1.165) is 6.20 Å². The summed E-state index contributed by atoms with van der Waals surface area (Å²) in [4.78, 5) is 3.17. The smallest absolute Gasteiger partial charge is 0.251 e. The summed E-state index contributed by atoms with van der Waals surface area (Å²) in [6, 6.07) is 0.426. The number of hydrogen-bond acceptors (Lipinski definition) is 1. The lowest BCUT2D eigenvalue weighted by Gasteiger charge is -2.09. The van der Waals surface area contributed by atoms with E-state index in [0.29, 0.717) is 6.07 Å². The van der Waals surface area contributed by atoms with Crippen molar-refractivity contribution in [3.05, 3.63) is 29.3 Å². The lowest BCUT2D eigenvalue weighted by Crippen LogP contribution is -2.09. The summed E-state index contributed by atoms with van der Waals surface area (Å²) in [7, 11) is 0. The van der Waals surface area contributed by atoms with E-state index >= 15 is 0 Å². The quantitative estimate of drug-likeness (QED) is 0.643. The maximum atomic E-state index is 13.1. The predicted octanol–water partition coefficient (Wildman–Crippen LogP) is 3.36. The fraction of sp³-hybridized carbons (Fsp3) is 0.444. The first kappa shape index (κ1) is 10.9. The van der Waals surface area contributed by atoms with Gasteiger partial charge >= 0.3 is 6.18 Å². The zero-order chi connectivity index (χ0) is 10.9. The number of aromatic nitrogens is 1. The molecule has 0 aliphatic rings. The van der Waals surface area contributed by atoms with E-state index in [2.05, 4.69) is 4.98 Å². The van der Waals surface area contributed by atoms with Crippen molar-refractivity contribution in [1.82, 2.24) is 4.98 Å². The third-order valence-electron chi connectivity index (χ3n) is 1.79. The number of halogens is 4. The van der Waals surface area contributed by atoms with Gasteiger partial charge in [0.2, 0.25) is 0 Å². The van der Waals surface area contributed by atoms with E-state index in [1.165, 1.54) is 0 Å². The highest BCUT2D eigenvalue weighted by molar-refractivity contribution is 5.20. The molecule has 1 rings (SSSR count). The summed E-state index contributed by atoms with van der Waals surface area (Å²) in [5.41, 5.74) is -1.00. The Kier molecular flexibility index (Phi) is 2.78. The molecular weight excluding hydrogens is 198 g/mol. The highest BCUT2D eigenvalue weighted by Crippen LogP contribution is 2.29. The van der Waals surface area contributed by atoms with Crippen LogP contribution >= 0.6 is 0 Å². The number of pyridine rings is 1. The van der Waals surface area contributed by atoms with E-state index in [-0.39, 0.29) is 11.5 Å². The highest BCUT2D eigenvalue weighted by Gasteiger charge is 2.33. The molecule has 0 unspecified atom stereocenters. The molecule has 5 heteroatoms. The average Bonchev–Trinajstić information content (AvgIpc) is 2.01. The summed E-state index contributed by atoms with van der Waals surface area (Å²) < 4.78 is 49.3. The summed E-state index contributed by atoms with van der Waals surface area (Å²) in [6.45, 7) is 3.38. The van der Waals surface area contributed by atoms with Crippen LogP contribution in [0.5, 0.6) is 0 Å². The second-order valence-electron chi connectivity index (χ2n) is 3.24. The summed E-state index contributed by atoms with van der Waals surface area (Å²) in [5, 5.41) is 0. The number of hydrogen-bond donors (Lipinski definition) is 0. The van der Waals surface area contributed by atoms with Gasteiger partial charge in [0.15, 0.2) is 0 Å². The van der Waals surface area contributed by atoms with Crippen molar-refractivity contribution in [2.24, 2.45) is 0 Å². The molecule has 0 aromatic carbocycles. The minimum Gasteiger partial charge on any atom is -0.251 e. The van der Waals surface area contributed by atoms with Crippen molar-refractivity contribution < 1.29 is 17.6 Å². The summed E-state index contributed by atoms with van der Waals surface area (Å²) >= 11 is 0. The Labute approximate surface area is 78.8 Å². The van der Waals surface area contributed by atoms with Gasteiger partial charge < -0.3 is 0 Å². The van der Waals surface area contributed by atoms with Gasteiger partial charge in [0.05, 0.1) is 0 Å². The third-order valence-corrected chi connectivity index (χ3v) is 1.79. The molecule has 0 saturated heterocycles. The topological polar surface area (TPSA) is 12.9 Å². The minimum absolute atomic E-state index is 0.176. The molecule has 0 spiro atoms. The lowest BCUT2D eigenvalue weighted by molar-refractivity contribution is -0.141. The first-order valence-corrected chi connectivity index (χ1v) is 4.05. The monoisotopic (exact) mass is 207 g/mol. The van der Waals surface area contributed by atoms with Gasteiger partial charge in [0, 0.05) is 17.8 Å². The van der Waals surface area contributed by atoms with Crippen LogP contribution in [0.1, 0.15) is 31.0 Å². The average molecular weight is 207 g/mol. The maximum Gasteiger partial charge on any atom is 0.433 e. The molecule has 1 heterocycles. The van der Waals surface area contributed by atoms with Crippen LogP contribution in [0, 0.1) is 5.82 Å². The van der Waals surface area contributed by atoms with E-state index < -0.39 is 17.7 Å². The van der Waals surface area contributed by atoms with Crippen molar-refractivity contribution in [2.45, 2.75) is 25.9 Å². The first-order valence-electron chi connectivity index (χ1n) is 4.05. The van der Waals surface area contributed by atoms with E-state index in [9.17, 15) is 17.6 Å². The molecule has 0 amide bonds. The Balaban J connectivity index is 3.13. The van der Waals surface area contributed by atoms with Gasteiger partial charge in [0.25, 0.3) is 0 Å². The lowest BCUT2D eigenvalue weighted by atomic mass is 10.0. The van der Waals surface area contributed by atoms with Crippen molar-refractivity contribution in [3.63, 3.8) is 0 Å². The fourth-order valence-corrected chi connectivity index (χ4v) is 1.02. The molecule has 0 bridgehead atoms. The molecule has 1 aromatic rings. The molecule has 0 saturated carbocycles. The van der Waals surface area contributed by atoms with Crippen LogP contribution in [0.3, 0.4) is 0 Å². The number of rotatable bonds is 1. The Morgan fingerprint density at radius 3 is 2.21 bits per heavy atom. The van der Waals surface area contributed by atoms with Gasteiger partial charge in [0.1, 0.15) is 11.5 Å². The van der Waals surface area contributed by atoms with Crippen molar-refractivity contribution in [1.29, 1.82) is 0 Å². The largest absolute Gasteiger partial charge is 0.433 e. The molecule has 0 aliphatic carbocycles. The van der Waals surface area contributed by atoms with Crippen molar-refractivity contribution in [3.8, 4) is 0 Å². The zero-order valence-corrected chi connectivity index (χ0v) is 7.69. The molecule has 0 N–H and O–H groups in total. The van der Waals surface area contributed by atoms with Crippen LogP contribution in [-0.4, -0.2) is 4.98 Å². The van der Waals surface area contributed by atoms with Gasteiger partial charge in [-0.1, -0.05) is 13.8 Å². The molecule has 0 radical (unpaired) electrons. The van der Waals surface area contributed by atoms with Gasteiger partial charge in [-0.15, -0.1) is 0 Å². The standard InChI is InChI=1S/C9H9F4N/c1-5(2)6-4-14-8(3-7(6)10)9(11,12)13/h3-5H,1-2H3. The molecule has 0 fully saturated rings. The summed E-state index contributed by atoms with van der Waals surface area (Å²) in [5.74, 6) is -1.04. The van der Waals surface area contributed by atoms with Gasteiger partial charge in [-0.05, 0) is 5.92 Å². The molecule has 1 aromatic heterocycles. The molecule has 0 atom stereocenters. The second-order valence-corrected chi connectivity index (χ2v) is 3.24. The van der Waals surface area contributed by atoms with Crippen LogP contribution in [0.4, 0.5) is 17.6 Å². The van der Waals surface area contributed by atoms with Gasteiger partial charge in [-0.25, -0.2) is 4.39 Å². The highest BCUT2D eigenvalue weighted by atomic mass is 19.4. The van der Waals surface area contributed by atoms with Crippen molar-refractivity contribution >= 4 is 0 Å². The number of nitrogens with zero attached hydrogens (tertiary/aromatic N) is 1. The van der Waals surface area contributed by atoms with Crippen LogP contribution in [0.15, 0.2) is 12.3 Å². The maximum absolute atomic E-state index is 13.1. The van der Waals surface area contributed by atoms with Crippen molar-refractivity contribution in [2.75, 3.05) is 0 Å². The Morgan fingerprint density at radius 1 is 1.29 bits per heavy atom. The van der Waals surface area contributed by atoms with Crippen LogP contribution in [0.25, 0.3) is 0 Å². The Morgan fingerprint density at radius 2 is 1.86 bits per heavy atom. The predicted molar refractivity (Wildman–Crippen MR) is 43.3 cm³/mol. The first-order chi connectivity index (χ1) is 6.32. The zero-order valence-electron chi connectivity index (χ0n) is 7.69. The molecule has 78 valence electrons. The van der Waals surface area contributed by atoms with E-state index in [4.69, 9.17) is 0 Å². The van der Waals surface area contributed by atoms with E-state index in [1.807, 2.05) is 0 Å². The summed E-state index contributed by atoms with van der Waals surface area (Å²) in [6.07, 6.45) is -3.65. The molecular formula is C9H9F4N. The van der Waals surface area contributed by atoms with Gasteiger partial charge in [-0.3, -0.25) is 4.98 Å². The molecule has 1 nitrogen and oxygen atoms in total. The SMILES string of the molecule is CC(C)c1cnc(C(F)(F)F)cc1F.